The van der Waals surface area contributed by atoms with Crippen LogP contribution >= 0.6 is 0 Å². The number of aryl methyl sites for hydroxylation is 2. The molecule has 1 aromatic rings. The van der Waals surface area contributed by atoms with Gasteiger partial charge in [-0.25, -0.2) is 9.59 Å². The Morgan fingerprint density at radius 2 is 2.00 bits per heavy atom. The third-order valence-electron chi connectivity index (χ3n) is 2.08. The summed E-state index contributed by atoms with van der Waals surface area (Å²) in [5.41, 5.74) is 0.715. The minimum atomic E-state index is -0.589. The molecule has 1 aromatic heterocycles. The van der Waals surface area contributed by atoms with Crippen molar-refractivity contribution >= 4 is 11.9 Å². The Morgan fingerprint density at radius 3 is 2.50 bits per heavy atom. The van der Waals surface area contributed by atoms with Crippen LogP contribution in [-0.2, 0) is 16.5 Å². The molecule has 6 heteroatoms. The van der Waals surface area contributed by atoms with E-state index >= 15 is 0 Å². The molecule has 0 aliphatic heterocycles. The molecule has 1 heterocycles. The number of rotatable bonds is 3. The summed E-state index contributed by atoms with van der Waals surface area (Å²) in [7, 11) is 2.83. The number of ether oxygens (including phenoxy) is 2. The highest BCUT2D eigenvalue weighted by atomic mass is 16.5. The summed E-state index contributed by atoms with van der Waals surface area (Å²) in [6, 6.07) is 0. The molecule has 0 aliphatic carbocycles. The quantitative estimate of drug-likeness (QED) is 0.709. The first-order chi connectivity index (χ1) is 7.52. The standard InChI is InChI=1S/C10H14N2O4/c1-5-16-10(14)8-7(9(13)15-4)6(2)11-12(8)3/h5H2,1-4H3. The Balaban J connectivity index is 3.25. The lowest BCUT2D eigenvalue weighted by atomic mass is 10.2. The SMILES string of the molecule is CCOC(=O)c1c(C(=O)OC)c(C)nn1C. The Morgan fingerprint density at radius 1 is 1.38 bits per heavy atom. The zero-order valence-electron chi connectivity index (χ0n) is 9.73. The Bertz CT molecular complexity index is 423. The van der Waals surface area contributed by atoms with Gasteiger partial charge in [0.05, 0.1) is 19.4 Å². The van der Waals surface area contributed by atoms with Gasteiger partial charge in [0.2, 0.25) is 0 Å². The predicted molar refractivity (Wildman–Crippen MR) is 55.2 cm³/mol. The molecule has 0 unspecified atom stereocenters. The summed E-state index contributed by atoms with van der Waals surface area (Å²) in [5.74, 6) is -1.17. The normalized spacial score (nSPS) is 10.0. The van der Waals surface area contributed by atoms with E-state index in [0.29, 0.717) is 5.69 Å². The van der Waals surface area contributed by atoms with Gasteiger partial charge < -0.3 is 9.47 Å². The fraction of sp³-hybridized carbons (Fsp3) is 0.500. The maximum Gasteiger partial charge on any atom is 0.357 e. The molecule has 6 nitrogen and oxygen atoms in total. The van der Waals surface area contributed by atoms with E-state index in [-0.39, 0.29) is 17.9 Å². The zero-order chi connectivity index (χ0) is 12.3. The van der Waals surface area contributed by atoms with Gasteiger partial charge in [0.15, 0.2) is 5.69 Å². The molecule has 16 heavy (non-hydrogen) atoms. The predicted octanol–water partition coefficient (Wildman–Crippen LogP) is 0.692. The molecule has 1 rings (SSSR count). The molecule has 0 radical (unpaired) electrons. The number of nitrogens with zero attached hydrogens (tertiary/aromatic N) is 2. The molecule has 0 saturated carbocycles. The number of esters is 2. The van der Waals surface area contributed by atoms with E-state index < -0.39 is 11.9 Å². The van der Waals surface area contributed by atoms with Gasteiger partial charge in [-0.05, 0) is 13.8 Å². The van der Waals surface area contributed by atoms with E-state index in [1.54, 1.807) is 20.9 Å². The lowest BCUT2D eigenvalue weighted by molar-refractivity contribution is 0.0492. The van der Waals surface area contributed by atoms with Crippen LogP contribution in [0.1, 0.15) is 33.5 Å². The van der Waals surface area contributed by atoms with Crippen molar-refractivity contribution in [2.45, 2.75) is 13.8 Å². The van der Waals surface area contributed by atoms with E-state index in [1.165, 1.54) is 11.8 Å². The summed E-state index contributed by atoms with van der Waals surface area (Å²) in [5, 5.41) is 4.00. The molecule has 0 spiro atoms. The molecule has 88 valence electrons. The van der Waals surface area contributed by atoms with Crippen molar-refractivity contribution in [3.8, 4) is 0 Å². The molecule has 0 aliphatic rings. The monoisotopic (exact) mass is 226 g/mol. The summed E-state index contributed by atoms with van der Waals surface area (Å²) in [4.78, 5) is 23.1. The highest BCUT2D eigenvalue weighted by Gasteiger charge is 2.26. The molecular formula is C10H14N2O4. The van der Waals surface area contributed by atoms with Crippen LogP contribution in [0.2, 0.25) is 0 Å². The van der Waals surface area contributed by atoms with Crippen molar-refractivity contribution in [2.75, 3.05) is 13.7 Å². The van der Waals surface area contributed by atoms with Crippen LogP contribution in [0, 0.1) is 6.92 Å². The number of aromatic nitrogens is 2. The van der Waals surface area contributed by atoms with Crippen molar-refractivity contribution in [2.24, 2.45) is 7.05 Å². The maximum absolute atomic E-state index is 11.6. The third kappa shape index (κ3) is 2.05. The molecular weight excluding hydrogens is 212 g/mol. The Labute approximate surface area is 93.1 Å². The largest absolute Gasteiger partial charge is 0.465 e. The highest BCUT2D eigenvalue weighted by molar-refractivity contribution is 6.02. The first kappa shape index (κ1) is 12.2. The van der Waals surface area contributed by atoms with Crippen LogP contribution in [0.4, 0.5) is 0 Å². The van der Waals surface area contributed by atoms with Crippen LogP contribution in [0.15, 0.2) is 0 Å². The van der Waals surface area contributed by atoms with E-state index in [1.807, 2.05) is 0 Å². The summed E-state index contributed by atoms with van der Waals surface area (Å²) in [6.45, 7) is 3.57. The van der Waals surface area contributed by atoms with Crippen molar-refractivity contribution in [3.63, 3.8) is 0 Å². The zero-order valence-corrected chi connectivity index (χ0v) is 9.73. The Hall–Kier alpha value is -1.85. The smallest absolute Gasteiger partial charge is 0.357 e. The van der Waals surface area contributed by atoms with Crippen LogP contribution in [0.25, 0.3) is 0 Å². The maximum atomic E-state index is 11.6. The van der Waals surface area contributed by atoms with Gasteiger partial charge in [-0.2, -0.15) is 5.10 Å². The molecule has 0 aromatic carbocycles. The summed E-state index contributed by atoms with van der Waals surface area (Å²) < 4.78 is 10.8. The average molecular weight is 226 g/mol. The number of hydrogen-bond acceptors (Lipinski definition) is 5. The molecule has 0 saturated heterocycles. The fourth-order valence-corrected chi connectivity index (χ4v) is 1.44. The Kier molecular flexibility index (Phi) is 3.65. The second kappa shape index (κ2) is 4.78. The lowest BCUT2D eigenvalue weighted by Crippen LogP contribution is -2.15. The van der Waals surface area contributed by atoms with Gasteiger partial charge in [0, 0.05) is 7.05 Å². The van der Waals surface area contributed by atoms with E-state index in [2.05, 4.69) is 9.84 Å². The highest BCUT2D eigenvalue weighted by Crippen LogP contribution is 2.15. The topological polar surface area (TPSA) is 70.4 Å². The van der Waals surface area contributed by atoms with Crippen LogP contribution in [0.3, 0.4) is 0 Å². The fourth-order valence-electron chi connectivity index (χ4n) is 1.44. The van der Waals surface area contributed by atoms with Gasteiger partial charge in [0.1, 0.15) is 5.56 Å². The van der Waals surface area contributed by atoms with Gasteiger partial charge in [-0.3, -0.25) is 4.68 Å². The van der Waals surface area contributed by atoms with Gasteiger partial charge in [-0.15, -0.1) is 0 Å². The van der Waals surface area contributed by atoms with Crippen LogP contribution in [-0.4, -0.2) is 35.4 Å². The molecule has 0 bridgehead atoms. The number of carbonyl (C=O) groups excluding carboxylic acids is 2. The minimum absolute atomic E-state index is 0.117. The van der Waals surface area contributed by atoms with E-state index in [0.717, 1.165) is 0 Å². The van der Waals surface area contributed by atoms with E-state index in [4.69, 9.17) is 4.74 Å². The van der Waals surface area contributed by atoms with E-state index in [9.17, 15) is 9.59 Å². The molecule has 0 fully saturated rings. The van der Waals surface area contributed by atoms with Gasteiger partial charge >= 0.3 is 11.9 Å². The first-order valence-electron chi connectivity index (χ1n) is 4.81. The van der Waals surface area contributed by atoms with Crippen LogP contribution < -0.4 is 0 Å². The molecule has 0 amide bonds. The van der Waals surface area contributed by atoms with Crippen molar-refractivity contribution < 1.29 is 19.1 Å². The first-order valence-corrected chi connectivity index (χ1v) is 4.81. The average Bonchev–Trinajstić information content (AvgIpc) is 2.53. The minimum Gasteiger partial charge on any atom is -0.465 e. The third-order valence-corrected chi connectivity index (χ3v) is 2.08. The summed E-state index contributed by atoms with van der Waals surface area (Å²) in [6.07, 6.45) is 0. The summed E-state index contributed by atoms with van der Waals surface area (Å²) >= 11 is 0. The number of carbonyl (C=O) groups is 2. The second-order valence-corrected chi connectivity index (χ2v) is 3.14. The second-order valence-electron chi connectivity index (χ2n) is 3.14. The molecule has 0 atom stereocenters. The molecule has 0 N–H and O–H groups in total. The van der Waals surface area contributed by atoms with Gasteiger partial charge in [-0.1, -0.05) is 0 Å². The number of methoxy groups -OCH3 is 1. The van der Waals surface area contributed by atoms with Crippen LogP contribution in [0.5, 0.6) is 0 Å². The van der Waals surface area contributed by atoms with Gasteiger partial charge in [0.25, 0.3) is 0 Å². The van der Waals surface area contributed by atoms with Crippen molar-refractivity contribution in [3.05, 3.63) is 17.0 Å². The lowest BCUT2D eigenvalue weighted by Gasteiger charge is -2.04. The van der Waals surface area contributed by atoms with Crippen molar-refractivity contribution in [1.29, 1.82) is 0 Å². The van der Waals surface area contributed by atoms with Crippen molar-refractivity contribution in [1.82, 2.24) is 9.78 Å². The number of hydrogen-bond donors (Lipinski definition) is 0.